The van der Waals surface area contributed by atoms with Crippen LogP contribution in [0.25, 0.3) is 0 Å². The van der Waals surface area contributed by atoms with E-state index in [1.54, 1.807) is 32.4 Å². The molecule has 0 radical (unpaired) electrons. The highest BCUT2D eigenvalue weighted by molar-refractivity contribution is 5.95. The van der Waals surface area contributed by atoms with Crippen molar-refractivity contribution >= 4 is 11.7 Å². The summed E-state index contributed by atoms with van der Waals surface area (Å²) in [6, 6.07) is 7.09. The second-order valence-electron chi connectivity index (χ2n) is 7.13. The van der Waals surface area contributed by atoms with Crippen LogP contribution in [0.15, 0.2) is 24.3 Å². The molecule has 1 aromatic heterocycles. The molecule has 156 valence electrons. The van der Waals surface area contributed by atoms with Gasteiger partial charge in [-0.05, 0) is 39.0 Å². The average molecular weight is 400 g/mol. The minimum atomic E-state index is -0.0201. The fourth-order valence-electron chi connectivity index (χ4n) is 3.28. The van der Waals surface area contributed by atoms with E-state index in [1.807, 2.05) is 31.7 Å². The molecule has 3 rings (SSSR count). The number of methoxy groups -OCH3 is 2. The third kappa shape index (κ3) is 4.88. The highest BCUT2D eigenvalue weighted by Crippen LogP contribution is 2.28. The lowest BCUT2D eigenvalue weighted by molar-refractivity contribution is 0.0746. The van der Waals surface area contributed by atoms with Crippen LogP contribution in [0, 0.1) is 6.92 Å². The lowest BCUT2D eigenvalue weighted by Gasteiger charge is -2.35. The quantitative estimate of drug-likeness (QED) is 0.737. The summed E-state index contributed by atoms with van der Waals surface area (Å²) in [5.74, 6) is 3.20. The molecule has 1 aromatic carbocycles. The van der Waals surface area contributed by atoms with Crippen LogP contribution >= 0.6 is 0 Å². The number of hydrogen-bond acceptors (Lipinski definition) is 7. The zero-order valence-electron chi connectivity index (χ0n) is 17.6. The van der Waals surface area contributed by atoms with E-state index >= 15 is 0 Å². The largest absolute Gasteiger partial charge is 0.493 e. The van der Waals surface area contributed by atoms with Crippen LogP contribution in [0.3, 0.4) is 0 Å². The summed E-state index contributed by atoms with van der Waals surface area (Å²) >= 11 is 0. The molecule has 1 fully saturated rings. The molecular weight excluding hydrogens is 372 g/mol. The van der Waals surface area contributed by atoms with E-state index in [-0.39, 0.29) is 12.0 Å². The number of amides is 1. The number of ether oxygens (including phenoxy) is 3. The van der Waals surface area contributed by atoms with Crippen molar-refractivity contribution in [3.63, 3.8) is 0 Å². The molecule has 0 bridgehead atoms. The summed E-state index contributed by atoms with van der Waals surface area (Å²) in [4.78, 5) is 25.8. The molecule has 2 aromatic rings. The van der Waals surface area contributed by atoms with E-state index in [0.717, 1.165) is 5.82 Å². The minimum Gasteiger partial charge on any atom is -0.493 e. The molecule has 0 saturated carbocycles. The number of piperazine rings is 1. The Kier molecular flexibility index (Phi) is 6.41. The summed E-state index contributed by atoms with van der Waals surface area (Å²) in [5.41, 5.74) is 0.585. The predicted octanol–water partition coefficient (Wildman–Crippen LogP) is 2.55. The second-order valence-corrected chi connectivity index (χ2v) is 7.13. The highest BCUT2D eigenvalue weighted by atomic mass is 16.5. The maximum absolute atomic E-state index is 12.9. The van der Waals surface area contributed by atoms with Gasteiger partial charge in [-0.3, -0.25) is 4.79 Å². The van der Waals surface area contributed by atoms with Gasteiger partial charge >= 0.3 is 0 Å². The molecule has 0 unspecified atom stereocenters. The topological polar surface area (TPSA) is 77.0 Å². The maximum atomic E-state index is 12.9. The molecule has 29 heavy (non-hydrogen) atoms. The lowest BCUT2D eigenvalue weighted by atomic mass is 10.1. The van der Waals surface area contributed by atoms with Gasteiger partial charge in [0.25, 0.3) is 5.91 Å². The Morgan fingerprint density at radius 2 is 1.69 bits per heavy atom. The molecule has 1 saturated heterocycles. The van der Waals surface area contributed by atoms with Gasteiger partial charge < -0.3 is 24.0 Å². The molecule has 0 spiro atoms. The summed E-state index contributed by atoms with van der Waals surface area (Å²) in [6.07, 6.45) is 0.0492. The van der Waals surface area contributed by atoms with Gasteiger partial charge in [-0.1, -0.05) is 0 Å². The maximum Gasteiger partial charge on any atom is 0.254 e. The first-order valence-corrected chi connectivity index (χ1v) is 9.70. The van der Waals surface area contributed by atoms with Gasteiger partial charge in [0.1, 0.15) is 11.6 Å². The number of rotatable bonds is 6. The molecule has 0 atom stereocenters. The molecule has 0 aliphatic carbocycles. The zero-order chi connectivity index (χ0) is 21.0. The van der Waals surface area contributed by atoms with E-state index in [1.165, 1.54) is 0 Å². The van der Waals surface area contributed by atoms with Crippen molar-refractivity contribution in [3.8, 4) is 17.4 Å². The number of carbonyl (C=O) groups excluding carboxylic acids is 1. The number of hydrogen-bond donors (Lipinski definition) is 0. The fraction of sp³-hybridized carbons (Fsp3) is 0.476. The molecule has 1 amide bonds. The van der Waals surface area contributed by atoms with Crippen molar-refractivity contribution in [3.05, 3.63) is 35.7 Å². The van der Waals surface area contributed by atoms with Gasteiger partial charge in [0.15, 0.2) is 11.5 Å². The first-order chi connectivity index (χ1) is 13.9. The van der Waals surface area contributed by atoms with Crippen LogP contribution in [-0.2, 0) is 0 Å². The van der Waals surface area contributed by atoms with Crippen LogP contribution in [0.1, 0.15) is 30.0 Å². The highest BCUT2D eigenvalue weighted by Gasteiger charge is 2.24. The molecular formula is C21H28N4O4. The van der Waals surface area contributed by atoms with Gasteiger partial charge in [-0.2, -0.15) is 4.98 Å². The Bertz CT molecular complexity index is 864. The van der Waals surface area contributed by atoms with E-state index < -0.39 is 0 Å². The summed E-state index contributed by atoms with van der Waals surface area (Å²) in [6.45, 7) is 8.39. The van der Waals surface area contributed by atoms with Crippen LogP contribution < -0.4 is 19.1 Å². The number of benzene rings is 1. The molecule has 0 N–H and O–H groups in total. The Morgan fingerprint density at radius 1 is 1.00 bits per heavy atom. The van der Waals surface area contributed by atoms with Gasteiger partial charge in [0, 0.05) is 37.8 Å². The van der Waals surface area contributed by atoms with Crippen LogP contribution in [0.5, 0.6) is 17.4 Å². The first-order valence-electron chi connectivity index (χ1n) is 9.70. The molecule has 2 heterocycles. The lowest BCUT2D eigenvalue weighted by Crippen LogP contribution is -2.49. The van der Waals surface area contributed by atoms with E-state index in [4.69, 9.17) is 14.2 Å². The number of anilines is 1. The van der Waals surface area contributed by atoms with E-state index in [9.17, 15) is 4.79 Å². The van der Waals surface area contributed by atoms with Crippen molar-refractivity contribution in [1.29, 1.82) is 0 Å². The number of aryl methyl sites for hydroxylation is 1. The predicted molar refractivity (Wildman–Crippen MR) is 110 cm³/mol. The molecule has 8 heteroatoms. The third-order valence-electron chi connectivity index (χ3n) is 4.68. The van der Waals surface area contributed by atoms with E-state index in [2.05, 4.69) is 14.9 Å². The van der Waals surface area contributed by atoms with Gasteiger partial charge in [0.2, 0.25) is 5.88 Å². The Balaban J connectivity index is 1.67. The number of carbonyl (C=O) groups is 1. The first kappa shape index (κ1) is 20.7. The van der Waals surface area contributed by atoms with Crippen LogP contribution in [0.2, 0.25) is 0 Å². The standard InChI is InChI=1S/C21H28N4O4/c1-14(2)29-20-13-19(22-15(3)23-20)24-8-10-25(11-9-24)21(26)16-6-7-17(27-4)18(12-16)28-5/h6-7,12-14H,8-11H2,1-5H3. The molecule has 1 aliphatic heterocycles. The summed E-state index contributed by atoms with van der Waals surface area (Å²) in [5, 5.41) is 0. The van der Waals surface area contributed by atoms with Gasteiger partial charge in [0.05, 0.1) is 20.3 Å². The van der Waals surface area contributed by atoms with Crippen molar-refractivity contribution in [2.24, 2.45) is 0 Å². The Hall–Kier alpha value is -3.03. The summed E-state index contributed by atoms with van der Waals surface area (Å²) in [7, 11) is 3.14. The number of aromatic nitrogens is 2. The van der Waals surface area contributed by atoms with Crippen LogP contribution in [-0.4, -0.2) is 67.3 Å². The van der Waals surface area contributed by atoms with Gasteiger partial charge in [-0.25, -0.2) is 4.98 Å². The van der Waals surface area contributed by atoms with Crippen molar-refractivity contribution in [2.45, 2.75) is 26.9 Å². The Morgan fingerprint density at radius 3 is 2.31 bits per heavy atom. The minimum absolute atomic E-state index is 0.0201. The normalized spacial score (nSPS) is 14.1. The van der Waals surface area contributed by atoms with E-state index in [0.29, 0.717) is 54.9 Å². The van der Waals surface area contributed by atoms with Crippen molar-refractivity contribution in [1.82, 2.24) is 14.9 Å². The molecule has 1 aliphatic rings. The third-order valence-corrected chi connectivity index (χ3v) is 4.68. The van der Waals surface area contributed by atoms with Crippen molar-refractivity contribution < 1.29 is 19.0 Å². The SMILES string of the molecule is COc1ccc(C(=O)N2CCN(c3cc(OC(C)C)nc(C)n3)CC2)cc1OC. The fourth-order valence-corrected chi connectivity index (χ4v) is 3.28. The Labute approximate surface area is 171 Å². The smallest absolute Gasteiger partial charge is 0.254 e. The zero-order valence-corrected chi connectivity index (χ0v) is 17.6. The second kappa shape index (κ2) is 8.98. The average Bonchev–Trinajstić information content (AvgIpc) is 2.72. The monoisotopic (exact) mass is 400 g/mol. The van der Waals surface area contributed by atoms with Gasteiger partial charge in [-0.15, -0.1) is 0 Å². The van der Waals surface area contributed by atoms with Crippen LogP contribution in [0.4, 0.5) is 5.82 Å². The number of nitrogens with zero attached hydrogens (tertiary/aromatic N) is 4. The van der Waals surface area contributed by atoms with Crippen molar-refractivity contribution in [2.75, 3.05) is 45.3 Å². The summed E-state index contributed by atoms with van der Waals surface area (Å²) < 4.78 is 16.3. The molecule has 8 nitrogen and oxygen atoms in total.